The molecule has 0 spiro atoms. The minimum Gasteiger partial charge on any atom is -0.314 e. The fourth-order valence-electron chi connectivity index (χ4n) is 2.50. The molecule has 2 heteroatoms. The fraction of sp³-hybridized carbons (Fsp3) is 0.647. The average Bonchev–Trinajstić information content (AvgIpc) is 2.39. The molecule has 2 atom stereocenters. The lowest BCUT2D eigenvalue weighted by Gasteiger charge is -2.29. The van der Waals surface area contributed by atoms with Crippen LogP contribution in [0.4, 0.5) is 0 Å². The Balaban J connectivity index is 2.41. The highest BCUT2D eigenvalue weighted by molar-refractivity contribution is 7.99. The van der Waals surface area contributed by atoms with Crippen LogP contribution in [0, 0.1) is 0 Å². The molecule has 0 saturated heterocycles. The second-order valence-electron chi connectivity index (χ2n) is 6.14. The minimum atomic E-state index is 0.235. The highest BCUT2D eigenvalue weighted by Crippen LogP contribution is 2.28. The lowest BCUT2D eigenvalue weighted by molar-refractivity contribution is 0.388. The van der Waals surface area contributed by atoms with Gasteiger partial charge in [0.1, 0.15) is 0 Å². The number of hydrogen-bond donors (Lipinski definition) is 1. The van der Waals surface area contributed by atoms with E-state index in [-0.39, 0.29) is 5.41 Å². The molecule has 0 amide bonds. The molecule has 0 saturated carbocycles. The zero-order chi connectivity index (χ0) is 14.3. The number of benzene rings is 1. The van der Waals surface area contributed by atoms with E-state index >= 15 is 0 Å². The fourth-order valence-corrected chi connectivity index (χ4v) is 2.85. The summed E-state index contributed by atoms with van der Waals surface area (Å²) in [5.41, 5.74) is 1.67. The first kappa shape index (κ1) is 16.6. The first-order valence-corrected chi connectivity index (χ1v) is 8.56. The van der Waals surface area contributed by atoms with Crippen molar-refractivity contribution in [3.63, 3.8) is 0 Å². The van der Waals surface area contributed by atoms with Crippen molar-refractivity contribution in [2.24, 2.45) is 0 Å². The van der Waals surface area contributed by atoms with Crippen LogP contribution in [0.5, 0.6) is 0 Å². The van der Waals surface area contributed by atoms with E-state index in [0.717, 1.165) is 11.8 Å². The topological polar surface area (TPSA) is 12.0 Å². The smallest absolute Gasteiger partial charge is 0.00470 e. The Morgan fingerprint density at radius 3 is 2.37 bits per heavy atom. The first-order chi connectivity index (χ1) is 8.95. The molecule has 0 aliphatic carbocycles. The maximum absolute atomic E-state index is 3.66. The second-order valence-corrected chi connectivity index (χ2v) is 7.42. The molecule has 0 radical (unpaired) electrons. The van der Waals surface area contributed by atoms with Gasteiger partial charge < -0.3 is 5.32 Å². The van der Waals surface area contributed by atoms with E-state index < -0.39 is 0 Å². The van der Waals surface area contributed by atoms with Crippen LogP contribution in [-0.2, 0) is 5.41 Å². The van der Waals surface area contributed by atoms with Crippen molar-refractivity contribution in [1.29, 1.82) is 0 Å². The molecule has 19 heavy (non-hydrogen) atoms. The van der Waals surface area contributed by atoms with Crippen LogP contribution < -0.4 is 5.32 Å². The molecule has 1 nitrogen and oxygen atoms in total. The highest BCUT2D eigenvalue weighted by Gasteiger charge is 2.22. The quantitative estimate of drug-likeness (QED) is 0.753. The molecule has 0 fully saturated rings. The zero-order valence-corrected chi connectivity index (χ0v) is 13.9. The van der Waals surface area contributed by atoms with E-state index in [1.807, 2.05) is 11.8 Å². The van der Waals surface area contributed by atoms with E-state index in [9.17, 15) is 0 Å². The molecular formula is C17H29NS. The van der Waals surface area contributed by atoms with Crippen LogP contribution in [0.15, 0.2) is 30.3 Å². The summed E-state index contributed by atoms with van der Waals surface area (Å²) in [6.45, 7) is 10.4. The summed E-state index contributed by atoms with van der Waals surface area (Å²) in [6.07, 6.45) is 4.61. The summed E-state index contributed by atoms with van der Waals surface area (Å²) in [7, 11) is 0. The summed E-state index contributed by atoms with van der Waals surface area (Å²) in [5.74, 6) is 0. The Kier molecular flexibility index (Phi) is 6.95. The summed E-state index contributed by atoms with van der Waals surface area (Å²) < 4.78 is 0. The average molecular weight is 279 g/mol. The summed E-state index contributed by atoms with van der Waals surface area (Å²) in [4.78, 5) is 0. The Bertz CT molecular complexity index is 348. The molecule has 0 aliphatic heterocycles. The van der Waals surface area contributed by atoms with Crippen molar-refractivity contribution < 1.29 is 0 Å². The molecule has 1 aromatic rings. The van der Waals surface area contributed by atoms with Crippen molar-refractivity contribution in [2.75, 3.05) is 12.8 Å². The van der Waals surface area contributed by atoms with Crippen molar-refractivity contribution in [1.82, 2.24) is 5.32 Å². The molecule has 108 valence electrons. The lowest BCUT2D eigenvalue weighted by atomic mass is 9.79. The van der Waals surface area contributed by atoms with Crippen LogP contribution >= 0.6 is 11.8 Å². The molecule has 1 aromatic carbocycles. The zero-order valence-electron chi connectivity index (χ0n) is 13.1. The Hall–Kier alpha value is -0.470. The maximum Gasteiger partial charge on any atom is 0.00470 e. The molecule has 0 heterocycles. The van der Waals surface area contributed by atoms with Gasteiger partial charge in [0.25, 0.3) is 0 Å². The third kappa shape index (κ3) is 6.01. The molecule has 1 rings (SSSR count). The van der Waals surface area contributed by atoms with Gasteiger partial charge in [-0.15, -0.1) is 0 Å². The summed E-state index contributed by atoms with van der Waals surface area (Å²) in [6, 6.07) is 11.4. The molecule has 0 aliphatic rings. The standard InChI is InChI=1S/C17H29NS/c1-14(18-12-11-15(2)19-5)13-17(3,4)16-9-7-6-8-10-16/h6-10,14-15,18H,11-13H2,1-5H3. The number of hydrogen-bond acceptors (Lipinski definition) is 2. The van der Waals surface area contributed by atoms with Crippen LogP contribution in [0.2, 0.25) is 0 Å². The second kappa shape index (κ2) is 7.96. The third-order valence-corrected chi connectivity index (χ3v) is 4.86. The molecule has 0 bridgehead atoms. The van der Waals surface area contributed by atoms with Gasteiger partial charge in [0.05, 0.1) is 0 Å². The SMILES string of the molecule is CSC(C)CCNC(C)CC(C)(C)c1ccccc1. The van der Waals surface area contributed by atoms with Gasteiger partial charge >= 0.3 is 0 Å². The van der Waals surface area contributed by atoms with E-state index in [1.165, 1.54) is 18.4 Å². The third-order valence-electron chi connectivity index (χ3n) is 3.82. The Labute approximate surface area is 123 Å². The van der Waals surface area contributed by atoms with E-state index in [1.54, 1.807) is 0 Å². The monoisotopic (exact) mass is 279 g/mol. The number of nitrogens with one attached hydrogen (secondary N) is 1. The maximum atomic E-state index is 3.66. The first-order valence-electron chi connectivity index (χ1n) is 7.27. The summed E-state index contributed by atoms with van der Waals surface area (Å²) >= 11 is 1.95. The number of rotatable bonds is 8. The molecule has 2 unspecified atom stereocenters. The van der Waals surface area contributed by atoms with Crippen molar-refractivity contribution in [2.45, 2.75) is 57.2 Å². The lowest BCUT2D eigenvalue weighted by Crippen LogP contribution is -2.34. The van der Waals surface area contributed by atoms with Crippen molar-refractivity contribution in [3.05, 3.63) is 35.9 Å². The molecule has 1 N–H and O–H groups in total. The van der Waals surface area contributed by atoms with Crippen LogP contribution in [0.25, 0.3) is 0 Å². The van der Waals surface area contributed by atoms with Crippen molar-refractivity contribution >= 4 is 11.8 Å². The van der Waals surface area contributed by atoms with Crippen molar-refractivity contribution in [3.8, 4) is 0 Å². The Morgan fingerprint density at radius 1 is 1.16 bits per heavy atom. The van der Waals surface area contributed by atoms with Gasteiger partial charge in [-0.1, -0.05) is 51.1 Å². The van der Waals surface area contributed by atoms with Gasteiger partial charge in [-0.2, -0.15) is 11.8 Å². The summed E-state index contributed by atoms with van der Waals surface area (Å²) in [5, 5.41) is 4.41. The predicted octanol–water partition coefficient (Wildman–Crippen LogP) is 4.47. The van der Waals surface area contributed by atoms with Gasteiger partial charge in [-0.3, -0.25) is 0 Å². The van der Waals surface area contributed by atoms with E-state index in [0.29, 0.717) is 6.04 Å². The van der Waals surface area contributed by atoms with Crippen LogP contribution in [-0.4, -0.2) is 24.1 Å². The van der Waals surface area contributed by atoms with Gasteiger partial charge in [0, 0.05) is 11.3 Å². The minimum absolute atomic E-state index is 0.235. The van der Waals surface area contributed by atoms with Gasteiger partial charge in [-0.25, -0.2) is 0 Å². The van der Waals surface area contributed by atoms with Crippen LogP contribution in [0.1, 0.15) is 46.1 Å². The van der Waals surface area contributed by atoms with Gasteiger partial charge in [0.2, 0.25) is 0 Å². The van der Waals surface area contributed by atoms with E-state index in [4.69, 9.17) is 0 Å². The largest absolute Gasteiger partial charge is 0.314 e. The number of thioether (sulfide) groups is 1. The van der Waals surface area contributed by atoms with Gasteiger partial charge in [0.15, 0.2) is 0 Å². The Morgan fingerprint density at radius 2 is 1.79 bits per heavy atom. The van der Waals surface area contributed by atoms with E-state index in [2.05, 4.69) is 69.6 Å². The molecule has 0 aromatic heterocycles. The predicted molar refractivity (Wildman–Crippen MR) is 89.1 cm³/mol. The normalized spacial score (nSPS) is 15.2. The molecular weight excluding hydrogens is 250 g/mol. The highest BCUT2D eigenvalue weighted by atomic mass is 32.2. The van der Waals surface area contributed by atoms with Gasteiger partial charge in [-0.05, 0) is 43.5 Å². The van der Waals surface area contributed by atoms with Crippen LogP contribution in [0.3, 0.4) is 0 Å².